The number of piperidine rings is 1. The first kappa shape index (κ1) is 22.5. The van der Waals surface area contributed by atoms with Gasteiger partial charge < -0.3 is 9.64 Å². The summed E-state index contributed by atoms with van der Waals surface area (Å²) in [5, 5.41) is 1.35. The van der Waals surface area contributed by atoms with Gasteiger partial charge >= 0.3 is 6.09 Å². The van der Waals surface area contributed by atoms with Gasteiger partial charge in [0.15, 0.2) is 0 Å². The molecule has 9 heteroatoms. The number of aromatic nitrogens is 3. The highest BCUT2D eigenvalue weighted by Crippen LogP contribution is 2.41. The summed E-state index contributed by atoms with van der Waals surface area (Å²) in [6, 6.07) is 10.1. The van der Waals surface area contributed by atoms with Crippen LogP contribution in [0.3, 0.4) is 0 Å². The van der Waals surface area contributed by atoms with Crippen LogP contribution < -0.4 is 0 Å². The van der Waals surface area contributed by atoms with Gasteiger partial charge in [-0.3, -0.25) is 4.21 Å². The standard InChI is InChI=1S/C23H26N4O3S2/c1-4-30-23(28)27-12-9-16(10-13-27)21-26-19(17-7-5-6-15(2)14-17)20(31-21)18-8-11-24-22(25-18)32(3)29/h5-8,11,14,16H,4,9-10,12-13H2,1-3H3. The van der Waals surface area contributed by atoms with Crippen molar-refractivity contribution in [2.24, 2.45) is 0 Å². The van der Waals surface area contributed by atoms with Crippen LogP contribution in [-0.2, 0) is 15.5 Å². The summed E-state index contributed by atoms with van der Waals surface area (Å²) in [4.78, 5) is 28.5. The van der Waals surface area contributed by atoms with Crippen LogP contribution in [0.4, 0.5) is 4.79 Å². The van der Waals surface area contributed by atoms with E-state index in [1.807, 2.05) is 19.1 Å². The number of rotatable bonds is 5. The molecule has 168 valence electrons. The van der Waals surface area contributed by atoms with E-state index in [0.717, 1.165) is 45.2 Å². The molecule has 7 nitrogen and oxygen atoms in total. The van der Waals surface area contributed by atoms with Crippen molar-refractivity contribution in [1.29, 1.82) is 0 Å². The molecule has 2 aromatic heterocycles. The molecule has 1 amide bonds. The van der Waals surface area contributed by atoms with Crippen LogP contribution in [0.1, 0.15) is 36.3 Å². The number of ether oxygens (including phenoxy) is 1. The molecule has 0 N–H and O–H groups in total. The van der Waals surface area contributed by atoms with Crippen molar-refractivity contribution >= 4 is 28.2 Å². The zero-order valence-electron chi connectivity index (χ0n) is 18.4. The quantitative estimate of drug-likeness (QED) is 0.505. The van der Waals surface area contributed by atoms with E-state index in [0.29, 0.717) is 24.9 Å². The van der Waals surface area contributed by atoms with Crippen LogP contribution >= 0.6 is 11.3 Å². The molecule has 1 aliphatic heterocycles. The van der Waals surface area contributed by atoms with Crippen molar-refractivity contribution in [2.45, 2.75) is 37.8 Å². The Labute approximate surface area is 194 Å². The van der Waals surface area contributed by atoms with Gasteiger partial charge in [-0.1, -0.05) is 23.8 Å². The van der Waals surface area contributed by atoms with Gasteiger partial charge in [-0.2, -0.15) is 0 Å². The molecule has 1 fully saturated rings. The topological polar surface area (TPSA) is 85.3 Å². The molecule has 3 heterocycles. The Balaban J connectivity index is 1.68. The van der Waals surface area contributed by atoms with E-state index in [1.165, 1.54) is 0 Å². The van der Waals surface area contributed by atoms with E-state index in [4.69, 9.17) is 9.72 Å². The molecule has 1 saturated heterocycles. The largest absolute Gasteiger partial charge is 0.450 e. The van der Waals surface area contributed by atoms with Crippen LogP contribution in [0.25, 0.3) is 21.8 Å². The van der Waals surface area contributed by atoms with Crippen LogP contribution in [0.2, 0.25) is 0 Å². The van der Waals surface area contributed by atoms with Gasteiger partial charge in [0.25, 0.3) is 0 Å². The summed E-state index contributed by atoms with van der Waals surface area (Å²) in [6.45, 7) is 5.58. The van der Waals surface area contributed by atoms with Gasteiger partial charge in [0, 0.05) is 37.0 Å². The maximum Gasteiger partial charge on any atom is 0.409 e. The third-order valence-electron chi connectivity index (χ3n) is 5.43. The summed E-state index contributed by atoms with van der Waals surface area (Å²) in [7, 11) is -1.26. The minimum atomic E-state index is -1.26. The number of benzene rings is 1. The van der Waals surface area contributed by atoms with E-state index >= 15 is 0 Å². The molecule has 0 aliphatic carbocycles. The number of nitrogens with zero attached hydrogens (tertiary/aromatic N) is 4. The van der Waals surface area contributed by atoms with E-state index in [1.54, 1.807) is 28.7 Å². The second-order valence-electron chi connectivity index (χ2n) is 7.74. The summed E-state index contributed by atoms with van der Waals surface area (Å²) >= 11 is 1.63. The Kier molecular flexibility index (Phi) is 6.95. The number of hydrogen-bond donors (Lipinski definition) is 0. The van der Waals surface area contributed by atoms with Crippen LogP contribution in [0.5, 0.6) is 0 Å². The molecule has 0 saturated carbocycles. The van der Waals surface area contributed by atoms with Crippen molar-refractivity contribution in [2.75, 3.05) is 26.0 Å². The molecule has 1 aliphatic rings. The molecule has 0 spiro atoms. The second-order valence-corrected chi connectivity index (χ2v) is 10.0. The summed E-state index contributed by atoms with van der Waals surface area (Å²) in [5.74, 6) is 0.268. The summed E-state index contributed by atoms with van der Waals surface area (Å²) in [5.41, 5.74) is 3.80. The fourth-order valence-corrected chi connectivity index (χ4v) is 5.47. The molecule has 0 radical (unpaired) electrons. The predicted molar refractivity (Wildman–Crippen MR) is 126 cm³/mol. The Morgan fingerprint density at radius 1 is 1.25 bits per heavy atom. The van der Waals surface area contributed by atoms with Gasteiger partial charge in [0.05, 0.1) is 38.7 Å². The highest BCUT2D eigenvalue weighted by atomic mass is 32.2. The van der Waals surface area contributed by atoms with Crippen LogP contribution in [0, 0.1) is 6.92 Å². The van der Waals surface area contributed by atoms with Gasteiger partial charge in [0.1, 0.15) is 0 Å². The van der Waals surface area contributed by atoms with Gasteiger partial charge in [-0.05, 0) is 38.8 Å². The van der Waals surface area contributed by atoms with Crippen molar-refractivity contribution in [3.63, 3.8) is 0 Å². The Bertz CT molecular complexity index is 1140. The van der Waals surface area contributed by atoms with Crippen LogP contribution in [-0.4, -0.2) is 56.1 Å². The fourth-order valence-electron chi connectivity index (χ4n) is 3.80. The Morgan fingerprint density at radius 2 is 2.03 bits per heavy atom. The number of amides is 1. The number of aryl methyl sites for hydroxylation is 1. The summed E-state index contributed by atoms with van der Waals surface area (Å²) in [6.07, 6.45) is 4.67. The molecule has 1 atom stereocenters. The fraction of sp³-hybridized carbons (Fsp3) is 0.391. The van der Waals surface area contributed by atoms with E-state index in [9.17, 15) is 9.00 Å². The molecule has 0 bridgehead atoms. The number of thiazole rings is 1. The lowest BCUT2D eigenvalue weighted by atomic mass is 9.98. The van der Waals surface area contributed by atoms with Crippen molar-refractivity contribution in [1.82, 2.24) is 19.9 Å². The van der Waals surface area contributed by atoms with Crippen LogP contribution in [0.15, 0.2) is 41.7 Å². The van der Waals surface area contributed by atoms with Gasteiger partial charge in [0.2, 0.25) is 5.16 Å². The first-order valence-electron chi connectivity index (χ1n) is 10.6. The first-order valence-corrected chi connectivity index (χ1v) is 13.0. The zero-order chi connectivity index (χ0) is 22.7. The molecule has 1 aromatic carbocycles. The minimum Gasteiger partial charge on any atom is -0.450 e. The smallest absolute Gasteiger partial charge is 0.409 e. The van der Waals surface area contributed by atoms with Gasteiger partial charge in [-0.15, -0.1) is 11.3 Å². The van der Waals surface area contributed by atoms with Crippen molar-refractivity contribution in [3.05, 3.63) is 47.1 Å². The van der Waals surface area contributed by atoms with E-state index in [2.05, 4.69) is 35.1 Å². The lowest BCUT2D eigenvalue weighted by Gasteiger charge is -2.30. The first-order chi connectivity index (χ1) is 15.5. The molecule has 1 unspecified atom stereocenters. The molecular formula is C23H26N4O3S2. The Hall–Kier alpha value is -2.65. The maximum absolute atomic E-state index is 12.0. The predicted octanol–water partition coefficient (Wildman–Crippen LogP) is 4.65. The average molecular weight is 471 g/mol. The minimum absolute atomic E-state index is 0.243. The lowest BCUT2D eigenvalue weighted by Crippen LogP contribution is -2.38. The SMILES string of the molecule is CCOC(=O)N1CCC(c2nc(-c3cccc(C)c3)c(-c3ccnc(S(C)=O)n3)s2)CC1. The molecule has 4 rings (SSSR count). The number of carbonyl (C=O) groups is 1. The van der Waals surface area contributed by atoms with Gasteiger partial charge in [-0.25, -0.2) is 19.7 Å². The number of carbonyl (C=O) groups excluding carboxylic acids is 1. The second kappa shape index (κ2) is 9.87. The highest BCUT2D eigenvalue weighted by Gasteiger charge is 2.28. The zero-order valence-corrected chi connectivity index (χ0v) is 20.0. The maximum atomic E-state index is 12.0. The lowest BCUT2D eigenvalue weighted by molar-refractivity contribution is 0.0970. The third kappa shape index (κ3) is 4.88. The number of hydrogen-bond acceptors (Lipinski definition) is 7. The molecular weight excluding hydrogens is 444 g/mol. The molecule has 3 aromatic rings. The normalized spacial score (nSPS) is 15.5. The van der Waals surface area contributed by atoms with Crippen molar-refractivity contribution < 1.29 is 13.7 Å². The number of likely N-dealkylation sites (tertiary alicyclic amines) is 1. The average Bonchev–Trinajstić information content (AvgIpc) is 3.25. The van der Waals surface area contributed by atoms with Crippen molar-refractivity contribution in [3.8, 4) is 21.8 Å². The summed E-state index contributed by atoms with van der Waals surface area (Å²) < 4.78 is 17.1. The van der Waals surface area contributed by atoms with E-state index in [-0.39, 0.29) is 12.0 Å². The third-order valence-corrected chi connectivity index (χ3v) is 7.38. The highest BCUT2D eigenvalue weighted by molar-refractivity contribution is 7.84. The van der Waals surface area contributed by atoms with E-state index < -0.39 is 10.8 Å². The Morgan fingerprint density at radius 3 is 2.72 bits per heavy atom. The molecule has 32 heavy (non-hydrogen) atoms. The monoisotopic (exact) mass is 470 g/mol.